The molecule has 0 radical (unpaired) electrons. The summed E-state index contributed by atoms with van der Waals surface area (Å²) < 4.78 is 0. The number of amides is 1. The quantitative estimate of drug-likeness (QED) is 0.850. The molecule has 1 aromatic heterocycles. The molecule has 0 atom stereocenters. The van der Waals surface area contributed by atoms with Crippen LogP contribution in [0.4, 0.5) is 11.4 Å². The Labute approximate surface area is 125 Å². The summed E-state index contributed by atoms with van der Waals surface area (Å²) in [7, 11) is 3.70. The Balaban J connectivity index is 1.92. The minimum absolute atomic E-state index is 0.0383. The topological polar surface area (TPSA) is 62.5 Å². The van der Waals surface area contributed by atoms with Gasteiger partial charge in [-0.15, -0.1) is 0 Å². The van der Waals surface area contributed by atoms with E-state index in [0.29, 0.717) is 18.8 Å². The van der Waals surface area contributed by atoms with Gasteiger partial charge in [-0.1, -0.05) is 0 Å². The number of nitrogens with two attached hydrogens (primary N) is 1. The summed E-state index contributed by atoms with van der Waals surface area (Å²) in [5, 5.41) is 0. The molecular formula is C16H20N4O. The van der Waals surface area contributed by atoms with Crippen molar-refractivity contribution in [3.8, 4) is 0 Å². The molecule has 1 amide bonds. The van der Waals surface area contributed by atoms with Crippen molar-refractivity contribution in [2.75, 3.05) is 31.3 Å². The molecule has 0 aliphatic heterocycles. The summed E-state index contributed by atoms with van der Waals surface area (Å²) >= 11 is 0. The van der Waals surface area contributed by atoms with Crippen molar-refractivity contribution in [1.29, 1.82) is 0 Å². The highest BCUT2D eigenvalue weighted by Gasteiger charge is 2.13. The first-order valence-corrected chi connectivity index (χ1v) is 6.76. The highest BCUT2D eigenvalue weighted by molar-refractivity contribution is 5.94. The number of benzene rings is 1. The zero-order chi connectivity index (χ0) is 15.2. The van der Waals surface area contributed by atoms with E-state index in [0.717, 1.165) is 11.3 Å². The molecule has 2 N–H and O–H groups in total. The van der Waals surface area contributed by atoms with Gasteiger partial charge in [-0.25, -0.2) is 0 Å². The van der Waals surface area contributed by atoms with E-state index in [4.69, 9.17) is 5.73 Å². The lowest BCUT2D eigenvalue weighted by Crippen LogP contribution is -2.36. The van der Waals surface area contributed by atoms with Crippen LogP contribution in [0.1, 0.15) is 5.56 Å². The normalized spacial score (nSPS) is 10.6. The molecular weight excluding hydrogens is 264 g/mol. The molecule has 2 rings (SSSR count). The van der Waals surface area contributed by atoms with Gasteiger partial charge in [0.15, 0.2) is 0 Å². The number of hydrogen-bond acceptors (Lipinski definition) is 4. The van der Waals surface area contributed by atoms with E-state index < -0.39 is 0 Å². The lowest BCUT2D eigenvalue weighted by molar-refractivity contribution is -0.119. The van der Waals surface area contributed by atoms with Crippen molar-refractivity contribution in [2.24, 2.45) is 0 Å². The number of carbonyl (C=O) groups excluding carboxylic acids is 1. The summed E-state index contributed by atoms with van der Waals surface area (Å²) in [5.74, 6) is 0.0383. The van der Waals surface area contributed by atoms with Gasteiger partial charge in [0.25, 0.3) is 0 Å². The summed E-state index contributed by atoms with van der Waals surface area (Å²) in [4.78, 5) is 19.9. The van der Waals surface area contributed by atoms with Gasteiger partial charge < -0.3 is 10.6 Å². The Kier molecular flexibility index (Phi) is 4.90. The van der Waals surface area contributed by atoms with Crippen molar-refractivity contribution >= 4 is 17.3 Å². The average molecular weight is 284 g/mol. The number of anilines is 2. The third kappa shape index (κ3) is 4.29. The molecule has 0 bridgehead atoms. The van der Waals surface area contributed by atoms with Gasteiger partial charge in [0.05, 0.1) is 6.54 Å². The number of carbonyl (C=O) groups is 1. The Hall–Kier alpha value is -2.40. The molecule has 1 heterocycles. The van der Waals surface area contributed by atoms with E-state index in [1.165, 1.54) is 0 Å². The number of hydrogen-bond donors (Lipinski definition) is 1. The molecule has 0 fully saturated rings. The standard InChI is InChI=1S/C16H20N4O/c1-19(11-13-7-9-18-10-8-13)12-16(21)20(2)15-5-3-14(17)4-6-15/h3-10H,11-12,17H2,1-2H3. The Morgan fingerprint density at radius 1 is 1.10 bits per heavy atom. The summed E-state index contributed by atoms with van der Waals surface area (Å²) in [5.41, 5.74) is 8.32. The van der Waals surface area contributed by atoms with E-state index in [2.05, 4.69) is 4.98 Å². The molecule has 0 spiro atoms. The summed E-state index contributed by atoms with van der Waals surface area (Å²) in [6.45, 7) is 1.06. The van der Waals surface area contributed by atoms with Gasteiger partial charge in [-0.2, -0.15) is 0 Å². The second-order valence-electron chi connectivity index (χ2n) is 5.07. The fourth-order valence-corrected chi connectivity index (χ4v) is 2.03. The number of rotatable bonds is 5. The van der Waals surface area contributed by atoms with E-state index in [9.17, 15) is 4.79 Å². The molecule has 1 aromatic carbocycles. The summed E-state index contributed by atoms with van der Waals surface area (Å²) in [6.07, 6.45) is 3.51. The van der Waals surface area contributed by atoms with Gasteiger partial charge in [-0.05, 0) is 49.0 Å². The minimum atomic E-state index is 0.0383. The van der Waals surface area contributed by atoms with E-state index in [1.807, 2.05) is 36.2 Å². The van der Waals surface area contributed by atoms with Crippen molar-refractivity contribution in [1.82, 2.24) is 9.88 Å². The van der Waals surface area contributed by atoms with Crippen LogP contribution in [0.2, 0.25) is 0 Å². The zero-order valence-electron chi connectivity index (χ0n) is 12.4. The van der Waals surface area contributed by atoms with Gasteiger partial charge in [-0.3, -0.25) is 14.7 Å². The molecule has 0 aliphatic rings. The van der Waals surface area contributed by atoms with Crippen LogP contribution in [-0.4, -0.2) is 36.4 Å². The van der Waals surface area contributed by atoms with Crippen LogP contribution >= 0.6 is 0 Å². The van der Waals surface area contributed by atoms with Crippen LogP contribution < -0.4 is 10.6 Å². The Bertz CT molecular complexity index is 583. The molecule has 5 heteroatoms. The summed E-state index contributed by atoms with van der Waals surface area (Å²) in [6, 6.07) is 11.2. The van der Waals surface area contributed by atoms with E-state index >= 15 is 0 Å². The first kappa shape index (κ1) is 15.0. The van der Waals surface area contributed by atoms with Gasteiger partial charge in [0.1, 0.15) is 0 Å². The van der Waals surface area contributed by atoms with Crippen LogP contribution in [0.15, 0.2) is 48.8 Å². The van der Waals surface area contributed by atoms with Gasteiger partial charge in [0, 0.05) is 37.4 Å². The average Bonchev–Trinajstić information content (AvgIpc) is 2.48. The molecule has 21 heavy (non-hydrogen) atoms. The van der Waals surface area contributed by atoms with Crippen molar-refractivity contribution in [3.05, 3.63) is 54.4 Å². The third-order valence-corrected chi connectivity index (χ3v) is 3.26. The van der Waals surface area contributed by atoms with Crippen LogP contribution in [0.25, 0.3) is 0 Å². The maximum Gasteiger partial charge on any atom is 0.240 e. The van der Waals surface area contributed by atoms with Crippen LogP contribution in [0, 0.1) is 0 Å². The molecule has 2 aromatic rings. The SMILES string of the molecule is CN(CC(=O)N(C)c1ccc(N)cc1)Cc1ccncc1. The predicted molar refractivity (Wildman–Crippen MR) is 84.8 cm³/mol. The van der Waals surface area contributed by atoms with Crippen LogP contribution in [-0.2, 0) is 11.3 Å². The lowest BCUT2D eigenvalue weighted by atomic mass is 10.2. The number of nitrogen functional groups attached to an aromatic ring is 1. The Morgan fingerprint density at radius 2 is 1.71 bits per heavy atom. The van der Waals surface area contributed by atoms with Gasteiger partial charge in [0.2, 0.25) is 5.91 Å². The molecule has 0 saturated heterocycles. The smallest absolute Gasteiger partial charge is 0.240 e. The number of nitrogens with zero attached hydrogens (tertiary/aromatic N) is 3. The molecule has 110 valence electrons. The predicted octanol–water partition coefficient (Wildman–Crippen LogP) is 1.76. The highest BCUT2D eigenvalue weighted by Crippen LogP contribution is 2.15. The van der Waals surface area contributed by atoms with Crippen molar-refractivity contribution in [2.45, 2.75) is 6.54 Å². The second-order valence-corrected chi connectivity index (χ2v) is 5.07. The van der Waals surface area contributed by atoms with Crippen LogP contribution in [0.3, 0.4) is 0 Å². The maximum atomic E-state index is 12.3. The van der Waals surface area contributed by atoms with Crippen molar-refractivity contribution < 1.29 is 4.79 Å². The number of aromatic nitrogens is 1. The van der Waals surface area contributed by atoms with Gasteiger partial charge >= 0.3 is 0 Å². The Morgan fingerprint density at radius 3 is 2.33 bits per heavy atom. The third-order valence-electron chi connectivity index (χ3n) is 3.26. The molecule has 5 nitrogen and oxygen atoms in total. The molecule has 0 unspecified atom stereocenters. The maximum absolute atomic E-state index is 12.3. The highest BCUT2D eigenvalue weighted by atomic mass is 16.2. The van der Waals surface area contributed by atoms with E-state index in [1.54, 1.807) is 36.5 Å². The monoisotopic (exact) mass is 284 g/mol. The number of likely N-dealkylation sites (N-methyl/N-ethyl adjacent to an activating group) is 2. The van der Waals surface area contributed by atoms with Crippen molar-refractivity contribution in [3.63, 3.8) is 0 Å². The zero-order valence-corrected chi connectivity index (χ0v) is 12.4. The first-order valence-electron chi connectivity index (χ1n) is 6.76. The molecule has 0 saturated carbocycles. The second kappa shape index (κ2) is 6.85. The first-order chi connectivity index (χ1) is 10.1. The van der Waals surface area contributed by atoms with E-state index in [-0.39, 0.29) is 5.91 Å². The molecule has 0 aliphatic carbocycles. The largest absolute Gasteiger partial charge is 0.399 e. The fraction of sp³-hybridized carbons (Fsp3) is 0.250. The minimum Gasteiger partial charge on any atom is -0.399 e. The number of pyridine rings is 1. The lowest BCUT2D eigenvalue weighted by Gasteiger charge is -2.22. The fourth-order valence-electron chi connectivity index (χ4n) is 2.03. The van der Waals surface area contributed by atoms with Crippen LogP contribution in [0.5, 0.6) is 0 Å².